The lowest BCUT2D eigenvalue weighted by atomic mass is 9.89. The Labute approximate surface area is 157 Å². The summed E-state index contributed by atoms with van der Waals surface area (Å²) in [6.07, 6.45) is 2.87. The number of aryl methyl sites for hydroxylation is 1. The van der Waals surface area contributed by atoms with Crippen LogP contribution in [0.25, 0.3) is 0 Å². The van der Waals surface area contributed by atoms with Crippen molar-refractivity contribution >= 4 is 16.0 Å². The lowest BCUT2D eigenvalue weighted by molar-refractivity contribution is -0.133. The number of sulfonamides is 1. The van der Waals surface area contributed by atoms with E-state index in [9.17, 15) is 22.7 Å². The van der Waals surface area contributed by atoms with Crippen molar-refractivity contribution in [2.24, 2.45) is 0 Å². The molecule has 0 aromatic heterocycles. The Balaban J connectivity index is 2.19. The molecule has 1 heterocycles. The largest absolute Gasteiger partial charge is 0.478 e. The van der Waals surface area contributed by atoms with E-state index in [1.807, 2.05) is 31.2 Å². The standard InChI is InChI=1S/C20H20FNO4S/c1-13-3-5-14(6-4-13)18-12-11-17(20(23)24)19(22(18)27(2,25)26)15-7-9-16(21)10-8-15/h3-11,18-19H,12H2,1-2H3,(H,23,24)/t18-,19-/m0/s1. The molecule has 0 aliphatic carbocycles. The number of carboxylic acids is 1. The fourth-order valence-corrected chi connectivity index (χ4v) is 4.73. The van der Waals surface area contributed by atoms with Crippen molar-refractivity contribution in [3.8, 4) is 0 Å². The summed E-state index contributed by atoms with van der Waals surface area (Å²) >= 11 is 0. The molecule has 1 N–H and O–H groups in total. The maximum Gasteiger partial charge on any atom is 0.333 e. The molecule has 0 bridgehead atoms. The SMILES string of the molecule is Cc1ccc([C@@H]2CC=C(C(=O)O)[C@H](c3ccc(F)cc3)N2S(C)(=O)=O)cc1. The normalized spacial score (nSPS) is 20.9. The highest BCUT2D eigenvalue weighted by atomic mass is 32.2. The summed E-state index contributed by atoms with van der Waals surface area (Å²) in [4.78, 5) is 11.8. The first-order chi connectivity index (χ1) is 12.7. The van der Waals surface area contributed by atoms with Gasteiger partial charge in [0.2, 0.25) is 10.0 Å². The Morgan fingerprint density at radius 2 is 1.63 bits per heavy atom. The topological polar surface area (TPSA) is 74.7 Å². The molecular formula is C20H20FNO4S. The van der Waals surface area contributed by atoms with Gasteiger partial charge in [-0.2, -0.15) is 4.31 Å². The zero-order valence-electron chi connectivity index (χ0n) is 15.0. The van der Waals surface area contributed by atoms with Crippen molar-refractivity contribution in [2.45, 2.75) is 25.4 Å². The van der Waals surface area contributed by atoms with E-state index >= 15 is 0 Å². The third-order valence-electron chi connectivity index (χ3n) is 4.70. The van der Waals surface area contributed by atoms with Crippen LogP contribution >= 0.6 is 0 Å². The molecule has 7 heteroatoms. The van der Waals surface area contributed by atoms with E-state index in [1.165, 1.54) is 28.6 Å². The molecule has 0 radical (unpaired) electrons. The van der Waals surface area contributed by atoms with Gasteiger partial charge in [0.15, 0.2) is 0 Å². The van der Waals surface area contributed by atoms with Crippen LogP contribution in [0.1, 0.15) is 35.2 Å². The highest BCUT2D eigenvalue weighted by molar-refractivity contribution is 7.88. The summed E-state index contributed by atoms with van der Waals surface area (Å²) in [6, 6.07) is 11.1. The molecule has 0 amide bonds. The van der Waals surface area contributed by atoms with E-state index in [-0.39, 0.29) is 12.0 Å². The van der Waals surface area contributed by atoms with Gasteiger partial charge in [0.25, 0.3) is 0 Å². The molecule has 1 aliphatic rings. The van der Waals surface area contributed by atoms with Gasteiger partial charge in [0.05, 0.1) is 23.9 Å². The Bertz CT molecular complexity index is 982. The van der Waals surface area contributed by atoms with E-state index in [4.69, 9.17) is 0 Å². The second-order valence-electron chi connectivity index (χ2n) is 6.67. The second kappa shape index (κ2) is 7.25. The zero-order chi connectivity index (χ0) is 19.8. The van der Waals surface area contributed by atoms with E-state index in [2.05, 4.69) is 0 Å². The van der Waals surface area contributed by atoms with Crippen molar-refractivity contribution < 1.29 is 22.7 Å². The predicted molar refractivity (Wildman–Crippen MR) is 100 cm³/mol. The Morgan fingerprint density at radius 3 is 2.15 bits per heavy atom. The molecule has 27 heavy (non-hydrogen) atoms. The molecule has 2 aromatic carbocycles. The highest BCUT2D eigenvalue weighted by Gasteiger charge is 2.42. The summed E-state index contributed by atoms with van der Waals surface area (Å²) < 4.78 is 39.9. The fourth-order valence-electron chi connectivity index (χ4n) is 3.44. The van der Waals surface area contributed by atoms with Crippen LogP contribution in [0, 0.1) is 12.7 Å². The van der Waals surface area contributed by atoms with Crippen LogP contribution in [-0.4, -0.2) is 30.1 Å². The maximum absolute atomic E-state index is 13.4. The van der Waals surface area contributed by atoms with Crippen molar-refractivity contribution in [1.29, 1.82) is 0 Å². The maximum atomic E-state index is 13.4. The predicted octanol–water partition coefficient (Wildman–Crippen LogP) is 3.59. The molecule has 0 fully saturated rings. The molecule has 0 spiro atoms. The summed E-state index contributed by atoms with van der Waals surface area (Å²) in [5.74, 6) is -1.67. The first kappa shape index (κ1) is 19.3. The molecule has 142 valence electrons. The van der Waals surface area contributed by atoms with Gasteiger partial charge in [-0.25, -0.2) is 17.6 Å². The highest BCUT2D eigenvalue weighted by Crippen LogP contribution is 2.43. The molecule has 3 rings (SSSR count). The lowest BCUT2D eigenvalue weighted by Gasteiger charge is -2.40. The van der Waals surface area contributed by atoms with Gasteiger partial charge in [0, 0.05) is 0 Å². The molecular weight excluding hydrogens is 369 g/mol. The molecule has 2 atom stereocenters. The quantitative estimate of drug-likeness (QED) is 0.867. The third-order valence-corrected chi connectivity index (χ3v) is 5.93. The number of benzene rings is 2. The van der Waals surface area contributed by atoms with Crippen LogP contribution in [0.15, 0.2) is 60.2 Å². The van der Waals surface area contributed by atoms with E-state index in [0.717, 1.165) is 17.4 Å². The first-order valence-electron chi connectivity index (χ1n) is 8.42. The minimum Gasteiger partial charge on any atom is -0.478 e. The number of nitrogens with zero attached hydrogens (tertiary/aromatic N) is 1. The third kappa shape index (κ3) is 3.94. The number of halogens is 1. The van der Waals surface area contributed by atoms with Crippen LogP contribution in [0.2, 0.25) is 0 Å². The van der Waals surface area contributed by atoms with Crippen LogP contribution in [0.4, 0.5) is 4.39 Å². The van der Waals surface area contributed by atoms with Crippen LogP contribution in [-0.2, 0) is 14.8 Å². The molecule has 1 aliphatic heterocycles. The number of hydrogen-bond donors (Lipinski definition) is 1. The minimum absolute atomic E-state index is 0.0320. The van der Waals surface area contributed by atoms with Crippen molar-refractivity contribution in [3.63, 3.8) is 0 Å². The smallest absolute Gasteiger partial charge is 0.333 e. The number of carbonyl (C=O) groups is 1. The van der Waals surface area contributed by atoms with Crippen molar-refractivity contribution in [3.05, 3.63) is 82.7 Å². The van der Waals surface area contributed by atoms with Gasteiger partial charge in [-0.05, 0) is 36.6 Å². The Morgan fingerprint density at radius 1 is 1.07 bits per heavy atom. The van der Waals surface area contributed by atoms with Gasteiger partial charge in [0.1, 0.15) is 5.82 Å². The number of rotatable bonds is 4. The monoisotopic (exact) mass is 389 g/mol. The van der Waals surface area contributed by atoms with E-state index < -0.39 is 33.9 Å². The van der Waals surface area contributed by atoms with Gasteiger partial charge in [-0.1, -0.05) is 48.0 Å². The number of aliphatic carboxylic acids is 1. The van der Waals surface area contributed by atoms with Crippen LogP contribution < -0.4 is 0 Å². The average molecular weight is 389 g/mol. The van der Waals surface area contributed by atoms with E-state index in [0.29, 0.717) is 5.56 Å². The number of carboxylic acid groups (broad SMARTS) is 1. The van der Waals surface area contributed by atoms with Gasteiger partial charge < -0.3 is 5.11 Å². The van der Waals surface area contributed by atoms with Crippen molar-refractivity contribution in [2.75, 3.05) is 6.26 Å². The molecule has 0 unspecified atom stereocenters. The van der Waals surface area contributed by atoms with Gasteiger partial charge >= 0.3 is 5.97 Å². The van der Waals surface area contributed by atoms with E-state index in [1.54, 1.807) is 6.08 Å². The summed E-state index contributed by atoms with van der Waals surface area (Å²) in [7, 11) is -3.77. The summed E-state index contributed by atoms with van der Waals surface area (Å²) in [5.41, 5.74) is 2.19. The van der Waals surface area contributed by atoms with Crippen LogP contribution in [0.5, 0.6) is 0 Å². The minimum atomic E-state index is -3.77. The van der Waals surface area contributed by atoms with Gasteiger partial charge in [-0.15, -0.1) is 0 Å². The average Bonchev–Trinajstić information content (AvgIpc) is 2.61. The Kier molecular flexibility index (Phi) is 5.17. The first-order valence-corrected chi connectivity index (χ1v) is 10.3. The fraction of sp³-hybridized carbons (Fsp3) is 0.250. The second-order valence-corrected chi connectivity index (χ2v) is 8.56. The molecule has 0 saturated carbocycles. The summed E-state index contributed by atoms with van der Waals surface area (Å²) in [5, 5.41) is 9.64. The summed E-state index contributed by atoms with van der Waals surface area (Å²) in [6.45, 7) is 1.93. The number of hydrogen-bond acceptors (Lipinski definition) is 3. The van der Waals surface area contributed by atoms with Crippen molar-refractivity contribution in [1.82, 2.24) is 4.31 Å². The van der Waals surface area contributed by atoms with Crippen LogP contribution in [0.3, 0.4) is 0 Å². The van der Waals surface area contributed by atoms with Gasteiger partial charge in [-0.3, -0.25) is 0 Å². The molecule has 5 nitrogen and oxygen atoms in total. The zero-order valence-corrected chi connectivity index (χ0v) is 15.8. The molecule has 0 saturated heterocycles. The lowest BCUT2D eigenvalue weighted by Crippen LogP contribution is -2.41. The Hall–Kier alpha value is -2.51. The molecule has 2 aromatic rings.